The number of likely N-dealkylation sites (tertiary alicyclic amines) is 1. The van der Waals surface area contributed by atoms with Crippen molar-refractivity contribution in [3.05, 3.63) is 65.2 Å². The highest BCUT2D eigenvalue weighted by Crippen LogP contribution is 2.32. The van der Waals surface area contributed by atoms with Crippen molar-refractivity contribution in [3.8, 4) is 0 Å². The van der Waals surface area contributed by atoms with Crippen molar-refractivity contribution in [2.45, 2.75) is 25.3 Å². The molecule has 0 unspecified atom stereocenters. The molecular weight excluding hydrogens is 322 g/mol. The van der Waals surface area contributed by atoms with Gasteiger partial charge in [-0.15, -0.1) is 0 Å². The second kappa shape index (κ2) is 7.50. The molecule has 4 heteroatoms. The van der Waals surface area contributed by atoms with Gasteiger partial charge in [-0.2, -0.15) is 0 Å². The monoisotopic (exact) mass is 349 g/mol. The topological polar surface area (TPSA) is 35.6 Å². The van der Waals surface area contributed by atoms with Gasteiger partial charge in [0.25, 0.3) is 5.91 Å². The molecule has 1 saturated heterocycles. The van der Waals surface area contributed by atoms with Gasteiger partial charge in [0.1, 0.15) is 0 Å². The highest BCUT2D eigenvalue weighted by atomic mass is 16.1. The summed E-state index contributed by atoms with van der Waals surface area (Å²) in [5, 5.41) is 3.16. The first kappa shape index (κ1) is 17.1. The first-order valence-corrected chi connectivity index (χ1v) is 9.63. The molecule has 4 rings (SSSR count). The molecule has 0 aromatic heterocycles. The van der Waals surface area contributed by atoms with Gasteiger partial charge in [0.05, 0.1) is 6.04 Å². The average Bonchev–Trinajstić information content (AvgIpc) is 3.33. The van der Waals surface area contributed by atoms with E-state index in [0.29, 0.717) is 6.54 Å². The summed E-state index contributed by atoms with van der Waals surface area (Å²) in [4.78, 5) is 17.3. The highest BCUT2D eigenvalue weighted by Gasteiger charge is 2.26. The summed E-state index contributed by atoms with van der Waals surface area (Å²) in [5.74, 6) is 0.00990. The summed E-state index contributed by atoms with van der Waals surface area (Å²) in [6, 6.07) is 16.6. The van der Waals surface area contributed by atoms with Crippen LogP contribution in [0.4, 0.5) is 5.69 Å². The molecule has 1 amide bonds. The third-order valence-corrected chi connectivity index (χ3v) is 5.69. The van der Waals surface area contributed by atoms with Gasteiger partial charge >= 0.3 is 0 Å². The van der Waals surface area contributed by atoms with E-state index in [2.05, 4.69) is 40.4 Å². The summed E-state index contributed by atoms with van der Waals surface area (Å²) < 4.78 is 0. The van der Waals surface area contributed by atoms with Crippen LogP contribution in [0, 0.1) is 0 Å². The number of amides is 1. The maximum atomic E-state index is 12.5. The molecule has 0 spiro atoms. The third-order valence-electron chi connectivity index (χ3n) is 5.69. The molecule has 2 aliphatic rings. The fraction of sp³-hybridized carbons (Fsp3) is 0.409. The van der Waals surface area contributed by atoms with Crippen molar-refractivity contribution in [2.75, 3.05) is 38.1 Å². The SMILES string of the molecule is CN1CCc2cc([C@H](CNC(=O)c3ccccc3)N3CCCC3)ccc21. The van der Waals surface area contributed by atoms with E-state index in [1.807, 2.05) is 30.3 Å². The van der Waals surface area contributed by atoms with E-state index >= 15 is 0 Å². The van der Waals surface area contributed by atoms with Crippen LogP contribution in [0.3, 0.4) is 0 Å². The summed E-state index contributed by atoms with van der Waals surface area (Å²) >= 11 is 0. The molecule has 4 nitrogen and oxygen atoms in total. The summed E-state index contributed by atoms with van der Waals surface area (Å²) in [6.07, 6.45) is 3.61. The number of rotatable bonds is 5. The number of hydrogen-bond acceptors (Lipinski definition) is 3. The second-order valence-electron chi connectivity index (χ2n) is 7.39. The van der Waals surface area contributed by atoms with Gasteiger partial charge in [-0.05, 0) is 61.7 Å². The summed E-state index contributed by atoms with van der Waals surface area (Å²) in [7, 11) is 2.16. The first-order chi connectivity index (χ1) is 12.7. The Morgan fingerprint density at radius 3 is 2.62 bits per heavy atom. The zero-order valence-corrected chi connectivity index (χ0v) is 15.4. The van der Waals surface area contributed by atoms with E-state index in [1.54, 1.807) is 0 Å². The maximum absolute atomic E-state index is 12.5. The Kier molecular flexibility index (Phi) is 4.93. The van der Waals surface area contributed by atoms with Crippen molar-refractivity contribution >= 4 is 11.6 Å². The van der Waals surface area contributed by atoms with Crippen molar-refractivity contribution in [1.82, 2.24) is 10.2 Å². The Hall–Kier alpha value is -2.33. The van der Waals surface area contributed by atoms with Crippen molar-refractivity contribution < 1.29 is 4.79 Å². The molecule has 2 aromatic carbocycles. The van der Waals surface area contributed by atoms with Crippen LogP contribution in [-0.4, -0.2) is 44.0 Å². The van der Waals surface area contributed by atoms with Crippen molar-refractivity contribution in [2.24, 2.45) is 0 Å². The number of nitrogens with one attached hydrogen (secondary N) is 1. The lowest BCUT2D eigenvalue weighted by Crippen LogP contribution is -2.36. The zero-order valence-electron chi connectivity index (χ0n) is 15.4. The Balaban J connectivity index is 1.52. The minimum atomic E-state index is 0.00990. The quantitative estimate of drug-likeness (QED) is 0.900. The number of carbonyl (C=O) groups is 1. The lowest BCUT2D eigenvalue weighted by atomic mass is 10.0. The first-order valence-electron chi connectivity index (χ1n) is 9.63. The lowest BCUT2D eigenvalue weighted by molar-refractivity contribution is 0.0938. The molecule has 2 heterocycles. The maximum Gasteiger partial charge on any atom is 0.251 e. The van der Waals surface area contributed by atoms with Crippen LogP contribution in [0.15, 0.2) is 48.5 Å². The van der Waals surface area contributed by atoms with Crippen LogP contribution in [0.25, 0.3) is 0 Å². The minimum absolute atomic E-state index is 0.00990. The standard InChI is InChI=1S/C22H27N3O/c1-24-14-11-19-15-18(9-10-20(19)24)21(25-12-5-6-13-25)16-23-22(26)17-7-3-2-4-8-17/h2-4,7-10,15,21H,5-6,11-14,16H2,1H3,(H,23,26)/t21-/m0/s1. The fourth-order valence-corrected chi connectivity index (χ4v) is 4.19. The van der Waals surface area contributed by atoms with Gasteiger partial charge in [0.2, 0.25) is 0 Å². The molecule has 1 fully saturated rings. The fourth-order valence-electron chi connectivity index (χ4n) is 4.19. The number of anilines is 1. The molecule has 1 N–H and O–H groups in total. The number of carbonyl (C=O) groups excluding carboxylic acids is 1. The van der Waals surface area contributed by atoms with E-state index in [1.165, 1.54) is 29.7 Å². The second-order valence-corrected chi connectivity index (χ2v) is 7.39. The molecule has 0 bridgehead atoms. The molecule has 2 aliphatic heterocycles. The molecule has 0 saturated carbocycles. The number of benzene rings is 2. The van der Waals surface area contributed by atoms with Crippen LogP contribution < -0.4 is 10.2 Å². The molecule has 2 aromatic rings. The van der Waals surface area contributed by atoms with Crippen molar-refractivity contribution in [3.63, 3.8) is 0 Å². The minimum Gasteiger partial charge on any atom is -0.374 e. The van der Waals surface area contributed by atoms with Crippen LogP contribution >= 0.6 is 0 Å². The number of fused-ring (bicyclic) bond motifs is 1. The van der Waals surface area contributed by atoms with Gasteiger partial charge < -0.3 is 10.2 Å². The van der Waals surface area contributed by atoms with Crippen LogP contribution in [0.5, 0.6) is 0 Å². The highest BCUT2D eigenvalue weighted by molar-refractivity contribution is 5.94. The smallest absolute Gasteiger partial charge is 0.251 e. The molecular formula is C22H27N3O. The Labute approximate surface area is 155 Å². The predicted molar refractivity (Wildman–Crippen MR) is 106 cm³/mol. The van der Waals surface area contributed by atoms with E-state index in [4.69, 9.17) is 0 Å². The summed E-state index contributed by atoms with van der Waals surface area (Å²) in [5.41, 5.74) is 4.84. The van der Waals surface area contributed by atoms with Crippen LogP contribution in [0.1, 0.15) is 40.4 Å². The van der Waals surface area contributed by atoms with E-state index in [0.717, 1.165) is 31.6 Å². The molecule has 136 valence electrons. The Bertz CT molecular complexity index is 768. The van der Waals surface area contributed by atoms with Gasteiger partial charge in [0, 0.05) is 31.4 Å². The molecule has 0 radical (unpaired) electrons. The molecule has 26 heavy (non-hydrogen) atoms. The third kappa shape index (κ3) is 3.47. The lowest BCUT2D eigenvalue weighted by Gasteiger charge is -2.29. The number of likely N-dealkylation sites (N-methyl/N-ethyl adjacent to an activating group) is 1. The van der Waals surface area contributed by atoms with E-state index in [-0.39, 0.29) is 11.9 Å². The average molecular weight is 349 g/mol. The Morgan fingerprint density at radius 1 is 1.08 bits per heavy atom. The van der Waals surface area contributed by atoms with Crippen molar-refractivity contribution in [1.29, 1.82) is 0 Å². The van der Waals surface area contributed by atoms with Gasteiger partial charge in [-0.3, -0.25) is 9.69 Å². The number of nitrogens with zero attached hydrogens (tertiary/aromatic N) is 2. The summed E-state index contributed by atoms with van der Waals surface area (Å²) in [6.45, 7) is 3.98. The molecule has 0 aliphatic carbocycles. The van der Waals surface area contributed by atoms with E-state index in [9.17, 15) is 4.79 Å². The van der Waals surface area contributed by atoms with E-state index < -0.39 is 0 Å². The Morgan fingerprint density at radius 2 is 1.85 bits per heavy atom. The largest absolute Gasteiger partial charge is 0.374 e. The van der Waals surface area contributed by atoms with Crippen LogP contribution in [-0.2, 0) is 6.42 Å². The number of hydrogen-bond donors (Lipinski definition) is 1. The van der Waals surface area contributed by atoms with Gasteiger partial charge in [-0.25, -0.2) is 0 Å². The normalized spacial score (nSPS) is 18.0. The van der Waals surface area contributed by atoms with Crippen LogP contribution in [0.2, 0.25) is 0 Å². The van der Waals surface area contributed by atoms with Gasteiger partial charge in [0.15, 0.2) is 0 Å². The van der Waals surface area contributed by atoms with Gasteiger partial charge in [-0.1, -0.05) is 30.3 Å². The zero-order chi connectivity index (χ0) is 17.9. The predicted octanol–water partition coefficient (Wildman–Crippen LogP) is 3.25. The molecule has 1 atom stereocenters.